The lowest BCUT2D eigenvalue weighted by Crippen LogP contribution is -1.96. The first-order valence-corrected chi connectivity index (χ1v) is 4.36. The summed E-state index contributed by atoms with van der Waals surface area (Å²) < 4.78 is 10.6. The van der Waals surface area contributed by atoms with E-state index in [1.165, 1.54) is 0 Å². The van der Waals surface area contributed by atoms with Gasteiger partial charge in [-0.2, -0.15) is 0 Å². The molecular weight excluding hydrogens is 176 g/mol. The summed E-state index contributed by atoms with van der Waals surface area (Å²) in [5.74, 6) is 1.43. The van der Waals surface area contributed by atoms with Crippen molar-refractivity contribution in [3.8, 4) is 11.5 Å². The van der Waals surface area contributed by atoms with E-state index in [1.807, 2.05) is 18.2 Å². The molecule has 74 valence electrons. The summed E-state index contributed by atoms with van der Waals surface area (Å²) in [6, 6.07) is 5.66. The van der Waals surface area contributed by atoms with Gasteiger partial charge < -0.3 is 9.47 Å². The van der Waals surface area contributed by atoms with Crippen molar-refractivity contribution in [2.45, 2.75) is 0 Å². The quantitative estimate of drug-likeness (QED) is 0.665. The molecule has 0 radical (unpaired) electrons. The average molecular weight is 190 g/mol. The van der Waals surface area contributed by atoms with Crippen molar-refractivity contribution in [1.82, 2.24) is 0 Å². The van der Waals surface area contributed by atoms with Crippen molar-refractivity contribution in [3.63, 3.8) is 0 Å². The topological polar surface area (TPSA) is 18.5 Å². The minimum absolute atomic E-state index is 0.469. The van der Waals surface area contributed by atoms with E-state index in [1.54, 1.807) is 19.3 Å². The third-order valence-electron chi connectivity index (χ3n) is 1.78. The first-order valence-electron chi connectivity index (χ1n) is 4.36. The molecule has 14 heavy (non-hydrogen) atoms. The van der Waals surface area contributed by atoms with Crippen LogP contribution in [0.15, 0.2) is 37.4 Å². The highest BCUT2D eigenvalue weighted by Crippen LogP contribution is 2.28. The van der Waals surface area contributed by atoms with Gasteiger partial charge in [0.25, 0.3) is 0 Å². The van der Waals surface area contributed by atoms with Crippen LogP contribution in [0.25, 0.3) is 6.08 Å². The molecule has 1 aromatic carbocycles. The molecule has 1 aromatic rings. The molecule has 0 aromatic heterocycles. The molecule has 0 atom stereocenters. The van der Waals surface area contributed by atoms with Crippen LogP contribution >= 0.6 is 0 Å². The van der Waals surface area contributed by atoms with Crippen molar-refractivity contribution >= 4 is 6.08 Å². The minimum Gasteiger partial charge on any atom is -0.493 e. The van der Waals surface area contributed by atoms with Gasteiger partial charge in [-0.25, -0.2) is 0 Å². The van der Waals surface area contributed by atoms with Gasteiger partial charge in [-0.1, -0.05) is 31.4 Å². The van der Waals surface area contributed by atoms with E-state index in [0.717, 1.165) is 11.3 Å². The van der Waals surface area contributed by atoms with Crippen molar-refractivity contribution in [1.29, 1.82) is 0 Å². The maximum atomic E-state index is 5.43. The molecule has 2 heteroatoms. The van der Waals surface area contributed by atoms with Crippen LogP contribution in [0.4, 0.5) is 0 Å². The molecule has 1 rings (SSSR count). The molecule has 2 nitrogen and oxygen atoms in total. The summed E-state index contributed by atoms with van der Waals surface area (Å²) in [5, 5.41) is 0. The van der Waals surface area contributed by atoms with Crippen molar-refractivity contribution in [2.24, 2.45) is 0 Å². The number of rotatable bonds is 5. The SMILES string of the molecule is C=CCOc1cc(C=C)ccc1OC. The third-order valence-corrected chi connectivity index (χ3v) is 1.78. The zero-order valence-corrected chi connectivity index (χ0v) is 8.32. The highest BCUT2D eigenvalue weighted by atomic mass is 16.5. The van der Waals surface area contributed by atoms with Gasteiger partial charge in [0.05, 0.1) is 7.11 Å². The predicted molar refractivity (Wildman–Crippen MR) is 58.8 cm³/mol. The molecule has 0 N–H and O–H groups in total. The Morgan fingerprint density at radius 1 is 1.29 bits per heavy atom. The second-order valence-electron chi connectivity index (χ2n) is 2.71. The highest BCUT2D eigenvalue weighted by molar-refractivity contribution is 5.54. The Hall–Kier alpha value is -1.70. The Bertz CT molecular complexity index is 329. The molecule has 0 saturated heterocycles. The minimum atomic E-state index is 0.469. The first-order chi connectivity index (χ1) is 6.81. The Balaban J connectivity index is 2.95. The molecule has 0 aliphatic carbocycles. The fourth-order valence-corrected chi connectivity index (χ4v) is 1.08. The lowest BCUT2D eigenvalue weighted by molar-refractivity contribution is 0.326. The van der Waals surface area contributed by atoms with E-state index in [4.69, 9.17) is 9.47 Å². The zero-order valence-electron chi connectivity index (χ0n) is 8.32. The summed E-state index contributed by atoms with van der Waals surface area (Å²) in [6.07, 6.45) is 3.46. The molecule has 0 unspecified atom stereocenters. The van der Waals surface area contributed by atoms with E-state index in [2.05, 4.69) is 13.2 Å². The Morgan fingerprint density at radius 2 is 2.07 bits per heavy atom. The highest BCUT2D eigenvalue weighted by Gasteiger charge is 2.03. The molecule has 0 aliphatic rings. The second-order valence-corrected chi connectivity index (χ2v) is 2.71. The van der Waals surface area contributed by atoms with Gasteiger partial charge in [0, 0.05) is 0 Å². The van der Waals surface area contributed by atoms with Crippen molar-refractivity contribution in [2.75, 3.05) is 13.7 Å². The number of ether oxygens (including phenoxy) is 2. The molecule has 0 saturated carbocycles. The van der Waals surface area contributed by atoms with Crippen LogP contribution in [-0.2, 0) is 0 Å². The summed E-state index contributed by atoms with van der Waals surface area (Å²) in [4.78, 5) is 0. The van der Waals surface area contributed by atoms with Crippen molar-refractivity contribution < 1.29 is 9.47 Å². The Kier molecular flexibility index (Phi) is 3.80. The Morgan fingerprint density at radius 3 is 2.64 bits per heavy atom. The van der Waals surface area contributed by atoms with E-state index < -0.39 is 0 Å². The van der Waals surface area contributed by atoms with Crippen LogP contribution in [-0.4, -0.2) is 13.7 Å². The average Bonchev–Trinajstić information content (AvgIpc) is 2.25. The summed E-state index contributed by atoms with van der Waals surface area (Å²) >= 11 is 0. The maximum absolute atomic E-state index is 5.43. The first kappa shape index (κ1) is 10.4. The molecule has 0 amide bonds. The number of methoxy groups -OCH3 is 1. The van der Waals surface area contributed by atoms with Gasteiger partial charge in [-0.3, -0.25) is 0 Å². The third kappa shape index (κ3) is 2.39. The van der Waals surface area contributed by atoms with Gasteiger partial charge in [0.15, 0.2) is 11.5 Å². The molecule has 0 fully saturated rings. The zero-order chi connectivity index (χ0) is 10.4. The largest absolute Gasteiger partial charge is 0.493 e. The standard InChI is InChI=1S/C12H14O2/c1-4-8-14-12-9-10(5-2)6-7-11(12)13-3/h4-7,9H,1-2,8H2,3H3. The van der Waals surface area contributed by atoms with Crippen LogP contribution < -0.4 is 9.47 Å². The predicted octanol–water partition coefficient (Wildman–Crippen LogP) is 2.90. The summed E-state index contributed by atoms with van der Waals surface area (Å²) in [7, 11) is 1.61. The summed E-state index contributed by atoms with van der Waals surface area (Å²) in [6.45, 7) is 7.75. The number of benzene rings is 1. The fourth-order valence-electron chi connectivity index (χ4n) is 1.08. The molecule has 0 heterocycles. The number of hydrogen-bond donors (Lipinski definition) is 0. The van der Waals surface area contributed by atoms with Crippen LogP contribution in [0.3, 0.4) is 0 Å². The molecule has 0 spiro atoms. The number of hydrogen-bond acceptors (Lipinski definition) is 2. The monoisotopic (exact) mass is 190 g/mol. The smallest absolute Gasteiger partial charge is 0.162 e. The molecule has 0 bridgehead atoms. The van der Waals surface area contributed by atoms with Gasteiger partial charge in [-0.15, -0.1) is 0 Å². The van der Waals surface area contributed by atoms with Crippen molar-refractivity contribution in [3.05, 3.63) is 43.0 Å². The van der Waals surface area contributed by atoms with Gasteiger partial charge in [0.2, 0.25) is 0 Å². The van der Waals surface area contributed by atoms with E-state index in [9.17, 15) is 0 Å². The Labute approximate surface area is 84.5 Å². The van der Waals surface area contributed by atoms with Crippen LogP contribution in [0.2, 0.25) is 0 Å². The lowest BCUT2D eigenvalue weighted by atomic mass is 10.2. The summed E-state index contributed by atoms with van der Waals surface area (Å²) in [5.41, 5.74) is 1.00. The van der Waals surface area contributed by atoms with E-state index >= 15 is 0 Å². The van der Waals surface area contributed by atoms with Crippen LogP contribution in [0.5, 0.6) is 11.5 Å². The molecular formula is C12H14O2. The normalized spacial score (nSPS) is 9.21. The maximum Gasteiger partial charge on any atom is 0.162 e. The van der Waals surface area contributed by atoms with E-state index in [0.29, 0.717) is 12.4 Å². The molecule has 0 aliphatic heterocycles. The van der Waals surface area contributed by atoms with Gasteiger partial charge in [0.1, 0.15) is 6.61 Å². The lowest BCUT2D eigenvalue weighted by Gasteiger charge is -2.09. The fraction of sp³-hybridized carbons (Fsp3) is 0.167. The van der Waals surface area contributed by atoms with Crippen LogP contribution in [0, 0.1) is 0 Å². The van der Waals surface area contributed by atoms with Gasteiger partial charge in [-0.05, 0) is 17.7 Å². The van der Waals surface area contributed by atoms with Gasteiger partial charge >= 0.3 is 0 Å². The van der Waals surface area contributed by atoms with E-state index in [-0.39, 0.29) is 0 Å². The second kappa shape index (κ2) is 5.12. The van der Waals surface area contributed by atoms with Crippen LogP contribution in [0.1, 0.15) is 5.56 Å².